The zero-order chi connectivity index (χ0) is 21.3. The van der Waals surface area contributed by atoms with Crippen LogP contribution >= 0.6 is 0 Å². The number of hydrogen-bond acceptors (Lipinski definition) is 8. The summed E-state index contributed by atoms with van der Waals surface area (Å²) in [7, 11) is 1.60. The van der Waals surface area contributed by atoms with Gasteiger partial charge in [0.1, 0.15) is 17.2 Å². The molecule has 1 amide bonds. The van der Waals surface area contributed by atoms with Gasteiger partial charge in [-0.1, -0.05) is 0 Å². The van der Waals surface area contributed by atoms with E-state index in [2.05, 4.69) is 49.0 Å². The number of anilines is 3. The molecule has 1 saturated heterocycles. The Hall–Kier alpha value is -3.27. The molecular weight excluding hydrogens is 384 g/mol. The first-order valence-electron chi connectivity index (χ1n) is 9.93. The summed E-state index contributed by atoms with van der Waals surface area (Å²) in [6.07, 6.45) is 5.26. The Morgan fingerprint density at radius 1 is 1.27 bits per heavy atom. The molecule has 10 nitrogen and oxygen atoms in total. The lowest BCUT2D eigenvalue weighted by atomic mass is 10.0. The minimum Gasteiger partial charge on any atom is -0.362 e. The van der Waals surface area contributed by atoms with Gasteiger partial charge in [0.15, 0.2) is 5.60 Å². The maximum Gasteiger partial charge on any atom is 0.253 e. The fourth-order valence-electron chi connectivity index (χ4n) is 3.55. The Morgan fingerprint density at radius 3 is 2.87 bits per heavy atom. The molecule has 10 heteroatoms. The number of aromatic nitrogens is 5. The van der Waals surface area contributed by atoms with Crippen molar-refractivity contribution in [3.8, 4) is 0 Å². The fourth-order valence-corrected chi connectivity index (χ4v) is 3.55. The molecule has 0 radical (unpaired) electrons. The van der Waals surface area contributed by atoms with Crippen LogP contribution in [0.2, 0.25) is 0 Å². The van der Waals surface area contributed by atoms with Crippen molar-refractivity contribution in [1.29, 1.82) is 0 Å². The molecule has 0 aromatic carbocycles. The fraction of sp³-hybridized carbons (Fsp3) is 0.450. The molecule has 158 valence electrons. The van der Waals surface area contributed by atoms with Gasteiger partial charge < -0.3 is 24.8 Å². The summed E-state index contributed by atoms with van der Waals surface area (Å²) in [6, 6.07) is 4.04. The molecule has 1 aliphatic rings. The van der Waals surface area contributed by atoms with Crippen molar-refractivity contribution in [2.24, 2.45) is 0 Å². The van der Waals surface area contributed by atoms with Gasteiger partial charge in [-0.25, -0.2) is 15.0 Å². The smallest absolute Gasteiger partial charge is 0.253 e. The van der Waals surface area contributed by atoms with Crippen LogP contribution in [-0.2, 0) is 9.53 Å². The third-order valence-electron chi connectivity index (χ3n) is 5.18. The average molecular weight is 410 g/mol. The third kappa shape index (κ3) is 3.78. The molecule has 30 heavy (non-hydrogen) atoms. The van der Waals surface area contributed by atoms with Gasteiger partial charge in [0, 0.05) is 31.9 Å². The summed E-state index contributed by atoms with van der Waals surface area (Å²) in [5, 5.41) is 5.90. The van der Waals surface area contributed by atoms with Crippen molar-refractivity contribution >= 4 is 34.5 Å². The van der Waals surface area contributed by atoms with E-state index in [0.29, 0.717) is 43.3 Å². The van der Waals surface area contributed by atoms with Gasteiger partial charge in [-0.15, -0.1) is 0 Å². The Bertz CT molecular complexity index is 1070. The van der Waals surface area contributed by atoms with Crippen LogP contribution in [-0.4, -0.2) is 62.8 Å². The highest BCUT2D eigenvalue weighted by Gasteiger charge is 2.39. The number of carbonyl (C=O) groups excluding carboxylic acids is 1. The van der Waals surface area contributed by atoms with E-state index in [1.54, 1.807) is 32.4 Å². The second-order valence-corrected chi connectivity index (χ2v) is 7.75. The number of amides is 1. The summed E-state index contributed by atoms with van der Waals surface area (Å²) >= 11 is 0. The number of fused-ring (bicyclic) bond motifs is 1. The summed E-state index contributed by atoms with van der Waals surface area (Å²) in [5.74, 6) is 1.66. The van der Waals surface area contributed by atoms with Gasteiger partial charge in [-0.2, -0.15) is 4.98 Å². The first kappa shape index (κ1) is 20.0. The molecular formula is C20H26N8O2. The highest BCUT2D eigenvalue weighted by atomic mass is 16.5. The summed E-state index contributed by atoms with van der Waals surface area (Å²) in [5.41, 5.74) is 0.910. The largest absolute Gasteiger partial charge is 0.362 e. The van der Waals surface area contributed by atoms with Crippen LogP contribution in [0, 0.1) is 0 Å². The molecule has 0 spiro atoms. The van der Waals surface area contributed by atoms with Crippen molar-refractivity contribution < 1.29 is 9.53 Å². The van der Waals surface area contributed by atoms with Crippen LogP contribution in [0.25, 0.3) is 11.0 Å². The molecule has 0 bridgehead atoms. The Balaban J connectivity index is 1.56. The number of rotatable bonds is 5. The van der Waals surface area contributed by atoms with Gasteiger partial charge in [-0.3, -0.25) is 4.79 Å². The molecule has 2 N–H and O–H groups in total. The van der Waals surface area contributed by atoms with Gasteiger partial charge in [-0.05, 0) is 26.8 Å². The maximum atomic E-state index is 12.2. The van der Waals surface area contributed by atoms with E-state index < -0.39 is 5.60 Å². The van der Waals surface area contributed by atoms with Crippen LogP contribution in [0.5, 0.6) is 0 Å². The van der Waals surface area contributed by atoms with Crippen LogP contribution in [0.3, 0.4) is 0 Å². The van der Waals surface area contributed by atoms with E-state index in [4.69, 9.17) is 4.74 Å². The number of pyridine rings is 1. The third-order valence-corrected chi connectivity index (χ3v) is 5.18. The molecule has 4 heterocycles. The number of likely N-dealkylation sites (N-methyl/N-ethyl adjacent to an activating group) is 1. The van der Waals surface area contributed by atoms with E-state index in [-0.39, 0.29) is 5.91 Å². The molecule has 0 aliphatic carbocycles. The number of nitrogens with one attached hydrogen (secondary N) is 2. The quantitative estimate of drug-likeness (QED) is 0.656. The minimum absolute atomic E-state index is 0.166. The highest BCUT2D eigenvalue weighted by molar-refractivity contribution is 5.85. The number of carbonyl (C=O) groups is 1. The number of nitrogens with zero attached hydrogens (tertiary/aromatic N) is 6. The van der Waals surface area contributed by atoms with E-state index in [9.17, 15) is 4.79 Å². The first-order chi connectivity index (χ1) is 14.4. The Labute approximate surface area is 174 Å². The monoisotopic (exact) mass is 410 g/mol. The second kappa shape index (κ2) is 7.86. The molecule has 1 fully saturated rings. The number of morpholine rings is 1. The zero-order valence-corrected chi connectivity index (χ0v) is 17.6. The van der Waals surface area contributed by atoms with Crippen LogP contribution in [0.1, 0.15) is 26.8 Å². The first-order valence-corrected chi connectivity index (χ1v) is 9.93. The lowest BCUT2D eigenvalue weighted by molar-refractivity contribution is -0.145. The predicted molar refractivity (Wildman–Crippen MR) is 114 cm³/mol. The van der Waals surface area contributed by atoms with Gasteiger partial charge in [0.25, 0.3) is 5.91 Å². The molecule has 0 saturated carbocycles. The van der Waals surface area contributed by atoms with E-state index in [0.717, 1.165) is 11.0 Å². The van der Waals surface area contributed by atoms with Gasteiger partial charge in [0.05, 0.1) is 31.2 Å². The second-order valence-electron chi connectivity index (χ2n) is 7.75. The van der Waals surface area contributed by atoms with E-state index in [1.165, 1.54) is 0 Å². The van der Waals surface area contributed by atoms with Crippen molar-refractivity contribution in [3.63, 3.8) is 0 Å². The number of hydrogen-bond donors (Lipinski definition) is 2. The van der Waals surface area contributed by atoms with Crippen LogP contribution < -0.4 is 15.5 Å². The summed E-state index contributed by atoms with van der Waals surface area (Å²) in [6.45, 7) is 7.39. The van der Waals surface area contributed by atoms with E-state index >= 15 is 0 Å². The lowest BCUT2D eigenvalue weighted by Crippen LogP contribution is -2.58. The standard InChI is InChI=1S/C20H26N8O2/c1-13(2)28-12-24-14-10-23-17(9-15(14)28)25-16-5-6-22-19(26-16)27-7-8-30-20(3,11-27)18(29)21-4/h5-6,9-10,12-13H,7-8,11H2,1-4H3,(H,21,29)(H,22,23,25,26). The topological polar surface area (TPSA) is 110 Å². The van der Waals surface area contributed by atoms with E-state index in [1.807, 2.05) is 17.3 Å². The average Bonchev–Trinajstić information content (AvgIpc) is 3.17. The lowest BCUT2D eigenvalue weighted by Gasteiger charge is -2.39. The van der Waals surface area contributed by atoms with Crippen LogP contribution in [0.15, 0.2) is 30.9 Å². The van der Waals surface area contributed by atoms with Crippen molar-refractivity contribution in [2.45, 2.75) is 32.4 Å². The minimum atomic E-state index is -0.943. The summed E-state index contributed by atoms with van der Waals surface area (Å²) in [4.78, 5) is 32.0. The van der Waals surface area contributed by atoms with Crippen molar-refractivity contribution in [1.82, 2.24) is 29.8 Å². The van der Waals surface area contributed by atoms with Gasteiger partial charge in [0.2, 0.25) is 5.95 Å². The number of imidazole rings is 1. The van der Waals surface area contributed by atoms with Crippen LogP contribution in [0.4, 0.5) is 17.6 Å². The predicted octanol–water partition coefficient (Wildman–Crippen LogP) is 1.89. The maximum absolute atomic E-state index is 12.2. The molecule has 3 aromatic rings. The van der Waals surface area contributed by atoms with Crippen molar-refractivity contribution in [3.05, 3.63) is 30.9 Å². The highest BCUT2D eigenvalue weighted by Crippen LogP contribution is 2.24. The molecule has 3 aromatic heterocycles. The summed E-state index contributed by atoms with van der Waals surface area (Å²) < 4.78 is 7.81. The Morgan fingerprint density at radius 2 is 2.10 bits per heavy atom. The van der Waals surface area contributed by atoms with Crippen molar-refractivity contribution in [2.75, 3.05) is 37.0 Å². The molecule has 4 rings (SSSR count). The Kier molecular flexibility index (Phi) is 5.25. The van der Waals surface area contributed by atoms with Gasteiger partial charge >= 0.3 is 0 Å². The molecule has 1 atom stereocenters. The zero-order valence-electron chi connectivity index (χ0n) is 17.6. The SMILES string of the molecule is CNC(=O)C1(C)CN(c2nccc(Nc3cc4c(cn3)ncn4C(C)C)n2)CCO1. The molecule has 1 unspecified atom stereocenters. The molecule has 1 aliphatic heterocycles. The normalized spacial score (nSPS) is 19.3. The number of ether oxygens (including phenoxy) is 1.